The molecule has 6 nitrogen and oxygen atoms in total. The molecule has 2 aromatic carbocycles. The largest absolute Gasteiger partial charge is 0.465 e. The number of pyridine rings is 1. The van der Waals surface area contributed by atoms with Crippen molar-refractivity contribution < 1.29 is 14.3 Å². The fourth-order valence-corrected chi connectivity index (χ4v) is 2.98. The number of aromatic nitrogens is 1. The average molecular weight is 389 g/mol. The van der Waals surface area contributed by atoms with Gasteiger partial charge in [0.2, 0.25) is 0 Å². The van der Waals surface area contributed by atoms with Crippen molar-refractivity contribution in [1.82, 2.24) is 4.98 Å². The Balaban J connectivity index is 1.75. The summed E-state index contributed by atoms with van der Waals surface area (Å²) >= 11 is 0. The summed E-state index contributed by atoms with van der Waals surface area (Å²) in [6.45, 7) is 4.14. The summed E-state index contributed by atoms with van der Waals surface area (Å²) in [5.41, 5.74) is 4.80. The van der Waals surface area contributed by atoms with Gasteiger partial charge in [0.05, 0.1) is 12.7 Å². The molecule has 0 saturated carbocycles. The van der Waals surface area contributed by atoms with Gasteiger partial charge in [0.15, 0.2) is 0 Å². The highest BCUT2D eigenvalue weighted by molar-refractivity contribution is 6.05. The summed E-state index contributed by atoms with van der Waals surface area (Å²) in [6.07, 6.45) is 2.49. The van der Waals surface area contributed by atoms with Crippen LogP contribution in [-0.4, -0.2) is 24.0 Å². The first-order chi connectivity index (χ1) is 14.0. The minimum Gasteiger partial charge on any atom is -0.465 e. The number of carbonyl (C=O) groups is 2. The lowest BCUT2D eigenvalue weighted by molar-refractivity contribution is 0.0600. The van der Waals surface area contributed by atoms with Crippen molar-refractivity contribution >= 4 is 29.1 Å². The molecule has 0 radical (unpaired) electrons. The molecular weight excluding hydrogens is 366 g/mol. The van der Waals surface area contributed by atoms with E-state index in [1.807, 2.05) is 19.1 Å². The molecule has 0 aliphatic carbocycles. The lowest BCUT2D eigenvalue weighted by atomic mass is 10.1. The first kappa shape index (κ1) is 20.1. The number of rotatable bonds is 6. The third-order valence-corrected chi connectivity index (χ3v) is 4.58. The fraction of sp³-hybridized carbons (Fsp3) is 0.174. The number of amides is 1. The third-order valence-electron chi connectivity index (χ3n) is 4.58. The molecule has 6 heteroatoms. The average Bonchev–Trinajstić information content (AvgIpc) is 2.75. The predicted molar refractivity (Wildman–Crippen MR) is 114 cm³/mol. The molecule has 0 saturated heterocycles. The van der Waals surface area contributed by atoms with Crippen LogP contribution >= 0.6 is 0 Å². The molecule has 0 bridgehead atoms. The zero-order valence-electron chi connectivity index (χ0n) is 16.7. The Kier molecular flexibility index (Phi) is 6.24. The van der Waals surface area contributed by atoms with E-state index in [2.05, 4.69) is 33.3 Å². The molecule has 0 aliphatic rings. The van der Waals surface area contributed by atoms with Crippen molar-refractivity contribution in [1.29, 1.82) is 0 Å². The summed E-state index contributed by atoms with van der Waals surface area (Å²) in [7, 11) is 1.33. The minimum atomic E-state index is -0.421. The molecule has 2 N–H and O–H groups in total. The summed E-state index contributed by atoms with van der Waals surface area (Å²) in [4.78, 5) is 28.5. The van der Waals surface area contributed by atoms with E-state index in [0.29, 0.717) is 22.6 Å². The quantitative estimate of drug-likeness (QED) is 0.596. The Morgan fingerprint density at radius 3 is 2.48 bits per heavy atom. The van der Waals surface area contributed by atoms with Gasteiger partial charge in [-0.3, -0.25) is 4.79 Å². The van der Waals surface area contributed by atoms with E-state index in [1.54, 1.807) is 42.6 Å². The Morgan fingerprint density at radius 2 is 1.79 bits per heavy atom. The van der Waals surface area contributed by atoms with Crippen LogP contribution in [-0.2, 0) is 11.2 Å². The molecule has 0 atom stereocenters. The number of nitrogens with one attached hydrogen (secondary N) is 2. The van der Waals surface area contributed by atoms with E-state index >= 15 is 0 Å². The maximum Gasteiger partial charge on any atom is 0.337 e. The highest BCUT2D eigenvalue weighted by atomic mass is 16.5. The lowest BCUT2D eigenvalue weighted by Gasteiger charge is -2.14. The van der Waals surface area contributed by atoms with Crippen molar-refractivity contribution in [3.8, 4) is 0 Å². The Bertz CT molecular complexity index is 1030. The van der Waals surface area contributed by atoms with Crippen LogP contribution in [0.1, 0.15) is 38.8 Å². The molecule has 29 heavy (non-hydrogen) atoms. The number of anilines is 3. The van der Waals surface area contributed by atoms with Gasteiger partial charge in [-0.25, -0.2) is 9.78 Å². The van der Waals surface area contributed by atoms with Gasteiger partial charge in [0.1, 0.15) is 5.82 Å². The van der Waals surface area contributed by atoms with Crippen LogP contribution in [0.25, 0.3) is 0 Å². The maximum atomic E-state index is 12.6. The first-order valence-electron chi connectivity index (χ1n) is 9.33. The Labute approximate surface area is 169 Å². The Morgan fingerprint density at radius 1 is 1.03 bits per heavy atom. The smallest absolute Gasteiger partial charge is 0.337 e. The molecule has 0 aliphatic heterocycles. The van der Waals surface area contributed by atoms with Crippen molar-refractivity contribution in [2.24, 2.45) is 0 Å². The van der Waals surface area contributed by atoms with E-state index < -0.39 is 5.97 Å². The molecule has 3 aromatic rings. The van der Waals surface area contributed by atoms with Crippen LogP contribution in [0.2, 0.25) is 0 Å². The van der Waals surface area contributed by atoms with Gasteiger partial charge in [-0.1, -0.05) is 25.1 Å². The number of nitrogens with zero attached hydrogens (tertiary/aromatic N) is 1. The summed E-state index contributed by atoms with van der Waals surface area (Å²) in [6, 6.07) is 16.0. The van der Waals surface area contributed by atoms with Gasteiger partial charge in [-0.05, 0) is 60.9 Å². The molecule has 0 spiro atoms. The van der Waals surface area contributed by atoms with Gasteiger partial charge in [-0.2, -0.15) is 0 Å². The predicted octanol–water partition coefficient (Wildman–Crippen LogP) is 4.73. The number of hydrogen-bond acceptors (Lipinski definition) is 5. The molecular formula is C23H23N3O3. The standard InChI is InChI=1S/C23H23N3O3/c1-4-16-7-5-6-15(2)21(16)26-20-14-18(12-13-24-20)22(27)25-19-10-8-17(9-11-19)23(28)29-3/h5-14H,4H2,1-3H3,(H,24,26)(H,25,27). The zero-order chi connectivity index (χ0) is 20.8. The van der Waals surface area contributed by atoms with E-state index in [-0.39, 0.29) is 5.91 Å². The van der Waals surface area contributed by atoms with Crippen molar-refractivity contribution in [3.05, 3.63) is 83.0 Å². The number of hydrogen-bond donors (Lipinski definition) is 2. The molecule has 1 aromatic heterocycles. The highest BCUT2D eigenvalue weighted by Crippen LogP contribution is 2.25. The van der Waals surface area contributed by atoms with Crippen molar-refractivity contribution in [3.63, 3.8) is 0 Å². The second kappa shape index (κ2) is 9.01. The highest BCUT2D eigenvalue weighted by Gasteiger charge is 2.11. The van der Waals surface area contributed by atoms with Crippen LogP contribution in [0.5, 0.6) is 0 Å². The summed E-state index contributed by atoms with van der Waals surface area (Å²) in [5.74, 6) is -0.0835. The number of para-hydroxylation sites is 1. The molecule has 148 valence electrons. The number of carbonyl (C=O) groups excluding carboxylic acids is 2. The molecule has 0 fully saturated rings. The van der Waals surface area contributed by atoms with Crippen LogP contribution in [0, 0.1) is 6.92 Å². The van der Waals surface area contributed by atoms with E-state index in [4.69, 9.17) is 0 Å². The topological polar surface area (TPSA) is 80.3 Å². The fourth-order valence-electron chi connectivity index (χ4n) is 2.98. The van der Waals surface area contributed by atoms with E-state index in [0.717, 1.165) is 17.7 Å². The van der Waals surface area contributed by atoms with E-state index in [9.17, 15) is 9.59 Å². The van der Waals surface area contributed by atoms with Crippen LogP contribution < -0.4 is 10.6 Å². The lowest BCUT2D eigenvalue weighted by Crippen LogP contribution is -2.13. The molecule has 3 rings (SSSR count). The summed E-state index contributed by atoms with van der Waals surface area (Å²) in [5, 5.41) is 6.16. The third kappa shape index (κ3) is 4.79. The number of aryl methyl sites for hydroxylation is 2. The van der Waals surface area contributed by atoms with Gasteiger partial charge in [0, 0.05) is 23.1 Å². The second-order valence-corrected chi connectivity index (χ2v) is 6.54. The number of methoxy groups -OCH3 is 1. The van der Waals surface area contributed by atoms with Crippen LogP contribution in [0.3, 0.4) is 0 Å². The Hall–Kier alpha value is -3.67. The first-order valence-corrected chi connectivity index (χ1v) is 9.33. The number of ether oxygens (including phenoxy) is 1. The number of benzene rings is 2. The maximum absolute atomic E-state index is 12.6. The van der Waals surface area contributed by atoms with E-state index in [1.165, 1.54) is 12.7 Å². The molecule has 1 heterocycles. The summed E-state index contributed by atoms with van der Waals surface area (Å²) < 4.78 is 4.67. The monoisotopic (exact) mass is 389 g/mol. The number of esters is 1. The normalized spacial score (nSPS) is 10.3. The molecule has 0 unspecified atom stereocenters. The van der Waals surface area contributed by atoms with Crippen LogP contribution in [0.15, 0.2) is 60.8 Å². The van der Waals surface area contributed by atoms with Crippen LogP contribution in [0.4, 0.5) is 17.2 Å². The SMILES string of the molecule is CCc1cccc(C)c1Nc1cc(C(=O)Nc2ccc(C(=O)OC)cc2)ccn1. The van der Waals surface area contributed by atoms with Gasteiger partial charge < -0.3 is 15.4 Å². The zero-order valence-corrected chi connectivity index (χ0v) is 16.7. The van der Waals surface area contributed by atoms with Gasteiger partial charge >= 0.3 is 5.97 Å². The van der Waals surface area contributed by atoms with Gasteiger partial charge in [0.25, 0.3) is 5.91 Å². The van der Waals surface area contributed by atoms with Crippen molar-refractivity contribution in [2.45, 2.75) is 20.3 Å². The molecule has 1 amide bonds. The minimum absolute atomic E-state index is 0.262. The second-order valence-electron chi connectivity index (χ2n) is 6.54. The van der Waals surface area contributed by atoms with Crippen molar-refractivity contribution in [2.75, 3.05) is 17.7 Å². The van der Waals surface area contributed by atoms with Gasteiger partial charge in [-0.15, -0.1) is 0 Å².